The van der Waals surface area contributed by atoms with Crippen LogP contribution in [0.1, 0.15) is 6.42 Å². The Morgan fingerprint density at radius 1 is 1.29 bits per heavy atom. The van der Waals surface area contributed by atoms with E-state index < -0.39 is 10.0 Å². The fourth-order valence-electron chi connectivity index (χ4n) is 2.35. The van der Waals surface area contributed by atoms with Crippen molar-refractivity contribution in [3.8, 4) is 0 Å². The first-order valence-corrected chi connectivity index (χ1v) is 10.9. The van der Waals surface area contributed by atoms with Gasteiger partial charge >= 0.3 is 0 Å². The summed E-state index contributed by atoms with van der Waals surface area (Å²) in [7, 11) is -1.50. The Labute approximate surface area is 148 Å². The van der Waals surface area contributed by atoms with Crippen LogP contribution in [-0.2, 0) is 16.6 Å². The number of sulfonamides is 1. The van der Waals surface area contributed by atoms with E-state index >= 15 is 0 Å². The summed E-state index contributed by atoms with van der Waals surface area (Å²) >= 11 is 1.80. The average molecular weight is 375 g/mol. The fraction of sp³-hybridized carbons (Fsp3) is 0.714. The maximum absolute atomic E-state index is 12.3. The van der Waals surface area contributed by atoms with Crippen molar-refractivity contribution < 1.29 is 8.42 Å². The van der Waals surface area contributed by atoms with Crippen molar-refractivity contribution in [2.75, 3.05) is 50.5 Å². The van der Waals surface area contributed by atoms with Crippen LogP contribution in [-0.4, -0.2) is 78.9 Å². The van der Waals surface area contributed by atoms with Crippen LogP contribution in [0.3, 0.4) is 0 Å². The summed E-state index contributed by atoms with van der Waals surface area (Å²) in [5.74, 6) is 2.48. The normalized spacial score (nSPS) is 17.0. The highest BCUT2D eigenvalue weighted by Gasteiger charge is 2.23. The Bertz CT molecular complexity index is 597. The number of hydrogen-bond acceptors (Lipinski definition) is 5. The zero-order valence-corrected chi connectivity index (χ0v) is 15.7. The highest BCUT2D eigenvalue weighted by atomic mass is 32.2. The molecule has 0 radical (unpaired) electrons. The molecule has 10 heteroatoms. The predicted molar refractivity (Wildman–Crippen MR) is 98.9 cm³/mol. The average Bonchev–Trinajstić information content (AvgIpc) is 3.11. The maximum Gasteiger partial charge on any atom is 0.215 e. The third-order valence-corrected chi connectivity index (χ3v) is 6.47. The Morgan fingerprint density at radius 2 is 2.04 bits per heavy atom. The molecule has 0 aliphatic carbocycles. The van der Waals surface area contributed by atoms with Crippen LogP contribution in [0, 0.1) is 0 Å². The second-order valence-electron chi connectivity index (χ2n) is 5.38. The molecule has 0 amide bonds. The van der Waals surface area contributed by atoms with Gasteiger partial charge in [0.05, 0.1) is 5.75 Å². The van der Waals surface area contributed by atoms with Crippen molar-refractivity contribution in [3.05, 3.63) is 18.5 Å². The molecule has 24 heavy (non-hydrogen) atoms. The molecular weight excluding hydrogens is 348 g/mol. The summed E-state index contributed by atoms with van der Waals surface area (Å²) in [6.45, 7) is 3.17. The molecule has 1 aromatic rings. The summed E-state index contributed by atoms with van der Waals surface area (Å²) in [4.78, 5) is 4.11. The first-order valence-electron chi connectivity index (χ1n) is 8.09. The number of aryl methyl sites for hydroxylation is 1. The van der Waals surface area contributed by atoms with Crippen LogP contribution in [0.25, 0.3) is 0 Å². The number of guanidine groups is 1. The minimum atomic E-state index is -3.18. The zero-order valence-electron chi connectivity index (χ0n) is 14.0. The number of aliphatic imine (C=N–C) groups is 1. The number of rotatable bonds is 8. The van der Waals surface area contributed by atoms with E-state index in [2.05, 4.69) is 20.7 Å². The van der Waals surface area contributed by atoms with E-state index in [0.717, 1.165) is 31.0 Å². The van der Waals surface area contributed by atoms with Crippen molar-refractivity contribution in [1.82, 2.24) is 24.7 Å². The summed E-state index contributed by atoms with van der Waals surface area (Å²) in [5.41, 5.74) is 0. The lowest BCUT2D eigenvalue weighted by molar-refractivity contribution is 0.443. The monoisotopic (exact) mass is 374 g/mol. The van der Waals surface area contributed by atoms with Gasteiger partial charge in [-0.15, -0.1) is 0 Å². The second-order valence-corrected chi connectivity index (χ2v) is 8.69. The number of nitrogens with zero attached hydrogens (tertiary/aromatic N) is 4. The molecule has 0 unspecified atom stereocenters. The molecule has 1 saturated heterocycles. The third-order valence-electron chi connectivity index (χ3n) is 3.66. The van der Waals surface area contributed by atoms with Gasteiger partial charge in [0.2, 0.25) is 10.0 Å². The largest absolute Gasteiger partial charge is 0.356 e. The van der Waals surface area contributed by atoms with E-state index in [4.69, 9.17) is 0 Å². The minimum Gasteiger partial charge on any atom is -0.356 e. The van der Waals surface area contributed by atoms with Crippen LogP contribution >= 0.6 is 11.8 Å². The van der Waals surface area contributed by atoms with E-state index in [1.807, 2.05) is 16.9 Å². The van der Waals surface area contributed by atoms with Crippen LogP contribution in [0.4, 0.5) is 0 Å². The van der Waals surface area contributed by atoms with Crippen LogP contribution in [0.2, 0.25) is 0 Å². The molecule has 0 saturated carbocycles. The lowest BCUT2D eigenvalue weighted by atomic mass is 10.4. The zero-order chi connectivity index (χ0) is 17.3. The lowest BCUT2D eigenvalue weighted by Gasteiger charge is -2.25. The van der Waals surface area contributed by atoms with Gasteiger partial charge < -0.3 is 10.6 Å². The van der Waals surface area contributed by atoms with Gasteiger partial charge in [-0.1, -0.05) is 0 Å². The SMILES string of the molecule is CN=C(NCCCn1cccn1)NCCS(=O)(=O)N1CCSCC1. The molecule has 0 aromatic carbocycles. The standard InChI is InChI=1S/C14H26N6O2S2/c1-15-14(16-4-2-7-19-8-3-5-18-19)17-6-13-24(21,22)20-9-11-23-12-10-20/h3,5,8H,2,4,6-7,9-13H2,1H3,(H2,15,16,17). The summed E-state index contributed by atoms with van der Waals surface area (Å²) in [6, 6.07) is 1.90. The second kappa shape index (κ2) is 9.90. The molecule has 1 aliphatic heterocycles. The van der Waals surface area contributed by atoms with E-state index in [1.54, 1.807) is 29.3 Å². The van der Waals surface area contributed by atoms with Crippen LogP contribution in [0.5, 0.6) is 0 Å². The molecule has 136 valence electrons. The first kappa shape index (κ1) is 19.1. The van der Waals surface area contributed by atoms with Crippen LogP contribution < -0.4 is 10.6 Å². The smallest absolute Gasteiger partial charge is 0.215 e. The van der Waals surface area contributed by atoms with Gasteiger partial charge in [0, 0.05) is 63.7 Å². The third kappa shape index (κ3) is 6.33. The van der Waals surface area contributed by atoms with Crippen molar-refractivity contribution in [2.45, 2.75) is 13.0 Å². The molecule has 1 aromatic heterocycles. The van der Waals surface area contributed by atoms with Gasteiger partial charge in [-0.25, -0.2) is 12.7 Å². The number of nitrogens with one attached hydrogen (secondary N) is 2. The Hall–Kier alpha value is -1.26. The van der Waals surface area contributed by atoms with Gasteiger partial charge in [0.25, 0.3) is 0 Å². The number of aromatic nitrogens is 2. The van der Waals surface area contributed by atoms with Gasteiger partial charge in [0.15, 0.2) is 5.96 Å². The molecule has 2 rings (SSSR count). The highest BCUT2D eigenvalue weighted by molar-refractivity contribution is 7.99. The molecule has 0 bridgehead atoms. The van der Waals surface area contributed by atoms with Gasteiger partial charge in [0.1, 0.15) is 0 Å². The Kier molecular flexibility index (Phi) is 7.86. The van der Waals surface area contributed by atoms with Gasteiger partial charge in [-0.05, 0) is 12.5 Å². The summed E-state index contributed by atoms with van der Waals surface area (Å²) < 4.78 is 28.0. The maximum atomic E-state index is 12.3. The highest BCUT2D eigenvalue weighted by Crippen LogP contribution is 2.12. The summed E-state index contributed by atoms with van der Waals surface area (Å²) in [6.07, 6.45) is 4.60. The van der Waals surface area contributed by atoms with Crippen LogP contribution in [0.15, 0.2) is 23.5 Å². The molecule has 1 fully saturated rings. The van der Waals surface area contributed by atoms with E-state index in [1.165, 1.54) is 0 Å². The predicted octanol–water partition coefficient (Wildman–Crippen LogP) is -0.183. The molecule has 2 heterocycles. The quantitative estimate of drug-likeness (QED) is 0.373. The molecule has 1 aliphatic rings. The first-order chi connectivity index (χ1) is 11.6. The molecule has 8 nitrogen and oxygen atoms in total. The Morgan fingerprint density at radius 3 is 2.71 bits per heavy atom. The Balaban J connectivity index is 1.63. The molecule has 2 N–H and O–H groups in total. The lowest BCUT2D eigenvalue weighted by Crippen LogP contribution is -2.44. The fourth-order valence-corrected chi connectivity index (χ4v) is 4.84. The van der Waals surface area contributed by atoms with E-state index in [9.17, 15) is 8.42 Å². The minimum absolute atomic E-state index is 0.0889. The van der Waals surface area contributed by atoms with Crippen molar-refractivity contribution >= 4 is 27.7 Å². The summed E-state index contributed by atoms with van der Waals surface area (Å²) in [5, 5.41) is 10.4. The van der Waals surface area contributed by atoms with Crippen molar-refractivity contribution in [2.24, 2.45) is 4.99 Å². The number of hydrogen-bond donors (Lipinski definition) is 2. The van der Waals surface area contributed by atoms with Gasteiger partial charge in [-0.3, -0.25) is 9.67 Å². The topological polar surface area (TPSA) is 91.6 Å². The molecule has 0 spiro atoms. The van der Waals surface area contributed by atoms with E-state index in [-0.39, 0.29) is 5.75 Å². The van der Waals surface area contributed by atoms with Crippen molar-refractivity contribution in [1.29, 1.82) is 0 Å². The van der Waals surface area contributed by atoms with E-state index in [0.29, 0.717) is 25.6 Å². The molecular formula is C14H26N6O2S2. The van der Waals surface area contributed by atoms with Gasteiger partial charge in [-0.2, -0.15) is 16.9 Å². The number of thioether (sulfide) groups is 1. The van der Waals surface area contributed by atoms with Crippen molar-refractivity contribution in [3.63, 3.8) is 0 Å². The molecule has 0 atom stereocenters.